The van der Waals surface area contributed by atoms with E-state index in [1.165, 1.54) is 18.5 Å². The minimum Gasteiger partial charge on any atom is -0.392 e. The average molecular weight is 459 g/mol. The van der Waals surface area contributed by atoms with Gasteiger partial charge in [0.05, 0.1) is 18.2 Å². The van der Waals surface area contributed by atoms with Crippen LogP contribution < -0.4 is 5.48 Å². The van der Waals surface area contributed by atoms with Crippen molar-refractivity contribution >= 4 is 21.5 Å². The summed E-state index contributed by atoms with van der Waals surface area (Å²) in [4.78, 5) is 17.3. The van der Waals surface area contributed by atoms with Gasteiger partial charge in [0.2, 0.25) is 0 Å². The van der Waals surface area contributed by atoms with Gasteiger partial charge in [-0.05, 0) is 24.1 Å². The molecule has 2 aromatic carbocycles. The van der Waals surface area contributed by atoms with Crippen LogP contribution in [0.15, 0.2) is 47.6 Å². The molecule has 32 heavy (non-hydrogen) atoms. The summed E-state index contributed by atoms with van der Waals surface area (Å²) in [7, 11) is -3.88. The number of nitrogens with zero attached hydrogens (tertiary/aromatic N) is 2. The lowest BCUT2D eigenvalue weighted by molar-refractivity contribution is -0.132. The summed E-state index contributed by atoms with van der Waals surface area (Å²) >= 11 is 0. The highest BCUT2D eigenvalue weighted by molar-refractivity contribution is 7.92. The van der Waals surface area contributed by atoms with Gasteiger partial charge in [-0.3, -0.25) is 10.0 Å². The Kier molecular flexibility index (Phi) is 6.62. The Morgan fingerprint density at radius 2 is 1.97 bits per heavy atom. The molecule has 2 N–H and O–H groups in total. The summed E-state index contributed by atoms with van der Waals surface area (Å²) in [6.45, 7) is 1.20. The summed E-state index contributed by atoms with van der Waals surface area (Å²) in [5.41, 5.74) is 4.18. The number of amides is 1. The lowest BCUT2D eigenvalue weighted by Gasteiger charge is -2.26. The van der Waals surface area contributed by atoms with Crippen molar-refractivity contribution in [2.45, 2.75) is 37.0 Å². The van der Waals surface area contributed by atoms with Crippen LogP contribution in [0.3, 0.4) is 0 Å². The molecular weight excluding hydrogens is 437 g/mol. The Labute approximate surface area is 185 Å². The van der Waals surface area contributed by atoms with Crippen molar-refractivity contribution < 1.29 is 27.6 Å². The Hall–Kier alpha value is -3.29. The van der Waals surface area contributed by atoms with E-state index in [4.69, 9.17) is 15.3 Å². The molecule has 1 heterocycles. The third-order valence-electron chi connectivity index (χ3n) is 5.60. The molecule has 0 bridgehead atoms. The third kappa shape index (κ3) is 4.64. The first-order valence-electron chi connectivity index (χ1n) is 9.72. The number of hydrogen-bond donors (Lipinski definition) is 2. The van der Waals surface area contributed by atoms with Gasteiger partial charge >= 0.3 is 0 Å². The molecule has 3 rings (SSSR count). The van der Waals surface area contributed by atoms with E-state index in [9.17, 15) is 17.6 Å². The predicted molar refractivity (Wildman–Crippen MR) is 115 cm³/mol. The zero-order valence-electron chi connectivity index (χ0n) is 17.5. The topological polar surface area (TPSA) is 129 Å². The van der Waals surface area contributed by atoms with E-state index < -0.39 is 32.4 Å². The summed E-state index contributed by atoms with van der Waals surface area (Å²) in [5.74, 6) is -1.53. The second kappa shape index (κ2) is 9.06. The van der Waals surface area contributed by atoms with Crippen molar-refractivity contribution in [2.24, 2.45) is 5.16 Å². The van der Waals surface area contributed by atoms with Gasteiger partial charge in [0.25, 0.3) is 5.91 Å². The quantitative estimate of drug-likeness (QED) is 0.484. The van der Waals surface area contributed by atoms with Crippen LogP contribution in [0.25, 0.3) is 11.1 Å². The molecule has 8 nitrogen and oxygen atoms in total. The lowest BCUT2D eigenvalue weighted by atomic mass is 9.95. The van der Waals surface area contributed by atoms with Crippen LogP contribution in [0.4, 0.5) is 4.39 Å². The van der Waals surface area contributed by atoms with E-state index in [-0.39, 0.29) is 19.3 Å². The minimum absolute atomic E-state index is 0.172. The Bertz CT molecular complexity index is 1210. The number of oxime groups is 1. The molecule has 0 saturated heterocycles. The molecule has 0 aliphatic carbocycles. The lowest BCUT2D eigenvalue weighted by Crippen LogP contribution is -2.51. The second-order valence-electron chi connectivity index (χ2n) is 7.84. The van der Waals surface area contributed by atoms with Gasteiger partial charge < -0.3 is 4.84 Å². The molecule has 2 aromatic rings. The number of carbonyl (C=O) groups excluding carboxylic acids is 1. The fourth-order valence-electron chi connectivity index (χ4n) is 3.50. The number of nitriles is 1. The number of halogens is 1. The van der Waals surface area contributed by atoms with Crippen LogP contribution in [0.5, 0.6) is 0 Å². The molecule has 0 saturated carbocycles. The van der Waals surface area contributed by atoms with Crippen molar-refractivity contribution in [1.82, 2.24) is 5.48 Å². The zero-order chi connectivity index (χ0) is 23.5. The molecule has 0 aromatic heterocycles. The van der Waals surface area contributed by atoms with Crippen LogP contribution in [-0.4, -0.2) is 42.4 Å². The standard InChI is InChI=1S/C22H22FN3O5S/c1-22(21(27)25-28,32(2,29)30)13-17-12-20(26-31-17)16-7-8-18(19(23)11-16)15-5-3-14(4-6-15)9-10-24/h3-8,11,17,28H,9,12-13H2,1-2H3,(H,25,27). The van der Waals surface area contributed by atoms with E-state index in [0.29, 0.717) is 22.4 Å². The smallest absolute Gasteiger partial charge is 0.264 e. The SMILES string of the molecule is CC(CC1CC(c2ccc(-c3ccc(CC#N)cc3)c(F)c2)=NO1)(C(=O)NO)S(C)(=O)=O. The Balaban J connectivity index is 1.76. The molecule has 0 fully saturated rings. The second-order valence-corrected chi connectivity index (χ2v) is 10.3. The van der Waals surface area contributed by atoms with Crippen molar-refractivity contribution in [2.75, 3.05) is 6.26 Å². The van der Waals surface area contributed by atoms with Crippen molar-refractivity contribution in [3.8, 4) is 17.2 Å². The van der Waals surface area contributed by atoms with Crippen LogP contribution in [0, 0.1) is 17.1 Å². The average Bonchev–Trinajstić information content (AvgIpc) is 3.21. The van der Waals surface area contributed by atoms with Gasteiger partial charge in [0, 0.05) is 30.2 Å². The monoisotopic (exact) mass is 459 g/mol. The number of carbonyl (C=O) groups is 1. The van der Waals surface area contributed by atoms with Gasteiger partial charge in [-0.15, -0.1) is 0 Å². The first kappa shape index (κ1) is 23.4. The van der Waals surface area contributed by atoms with Crippen LogP contribution in [0.2, 0.25) is 0 Å². The van der Waals surface area contributed by atoms with Gasteiger partial charge in [-0.2, -0.15) is 5.26 Å². The first-order chi connectivity index (χ1) is 15.1. The maximum atomic E-state index is 14.8. The zero-order valence-corrected chi connectivity index (χ0v) is 18.3. The highest BCUT2D eigenvalue weighted by Gasteiger charge is 2.47. The molecule has 10 heteroatoms. The maximum absolute atomic E-state index is 14.8. The van der Waals surface area contributed by atoms with Gasteiger partial charge in [0.15, 0.2) is 14.6 Å². The van der Waals surface area contributed by atoms with Crippen molar-refractivity contribution in [3.05, 3.63) is 59.4 Å². The number of benzene rings is 2. The highest BCUT2D eigenvalue weighted by Crippen LogP contribution is 2.31. The maximum Gasteiger partial charge on any atom is 0.264 e. The summed E-state index contributed by atoms with van der Waals surface area (Å²) in [6.07, 6.45) is 0.380. The van der Waals surface area contributed by atoms with Gasteiger partial charge in [-0.25, -0.2) is 18.3 Å². The number of hydroxylamine groups is 1. The Morgan fingerprint density at radius 3 is 2.53 bits per heavy atom. The molecule has 0 radical (unpaired) electrons. The molecule has 0 spiro atoms. The van der Waals surface area contributed by atoms with Gasteiger partial charge in [-0.1, -0.05) is 41.6 Å². The van der Waals surface area contributed by atoms with Crippen molar-refractivity contribution in [3.63, 3.8) is 0 Å². The molecule has 1 amide bonds. The molecule has 1 aliphatic heterocycles. The van der Waals surface area contributed by atoms with Crippen LogP contribution in [-0.2, 0) is 25.9 Å². The molecule has 2 atom stereocenters. The molecule has 1 aliphatic rings. The van der Waals surface area contributed by atoms with E-state index in [1.54, 1.807) is 36.4 Å². The molecule has 2 unspecified atom stereocenters. The highest BCUT2D eigenvalue weighted by atomic mass is 32.2. The van der Waals surface area contributed by atoms with Crippen molar-refractivity contribution in [1.29, 1.82) is 5.26 Å². The number of sulfone groups is 1. The largest absolute Gasteiger partial charge is 0.392 e. The minimum atomic E-state index is -3.88. The Morgan fingerprint density at radius 1 is 1.31 bits per heavy atom. The number of rotatable bonds is 7. The van der Waals surface area contributed by atoms with E-state index >= 15 is 0 Å². The first-order valence-corrected chi connectivity index (χ1v) is 11.6. The van der Waals surface area contributed by atoms with E-state index in [1.807, 2.05) is 0 Å². The fourth-order valence-corrected chi connectivity index (χ4v) is 4.37. The predicted octanol–water partition coefficient (Wildman–Crippen LogP) is 2.75. The summed E-state index contributed by atoms with van der Waals surface area (Å²) in [5, 5.41) is 21.6. The normalized spacial score (nSPS) is 17.6. The summed E-state index contributed by atoms with van der Waals surface area (Å²) < 4.78 is 37.2. The van der Waals surface area contributed by atoms with Crippen LogP contribution in [0.1, 0.15) is 30.9 Å². The van der Waals surface area contributed by atoms with Crippen LogP contribution >= 0.6 is 0 Å². The van der Waals surface area contributed by atoms with E-state index in [2.05, 4.69) is 11.2 Å². The molecule has 168 valence electrons. The number of nitrogens with one attached hydrogen (secondary N) is 1. The molecular formula is C22H22FN3O5S. The summed E-state index contributed by atoms with van der Waals surface area (Å²) in [6, 6.07) is 13.7. The van der Waals surface area contributed by atoms with Gasteiger partial charge in [0.1, 0.15) is 11.9 Å². The number of hydrogen-bond acceptors (Lipinski definition) is 7. The third-order valence-corrected chi connectivity index (χ3v) is 7.59. The van der Waals surface area contributed by atoms with E-state index in [0.717, 1.165) is 11.8 Å². The fraction of sp³-hybridized carbons (Fsp3) is 0.318.